The Labute approximate surface area is 91.7 Å². The van der Waals surface area contributed by atoms with Crippen LogP contribution in [0.3, 0.4) is 0 Å². The van der Waals surface area contributed by atoms with Gasteiger partial charge in [-0.05, 0) is 6.07 Å². The number of aromatic nitrogens is 1. The van der Waals surface area contributed by atoms with Gasteiger partial charge in [0.05, 0.1) is 17.1 Å². The predicted molar refractivity (Wildman–Crippen MR) is 45.4 cm³/mol. The average Bonchev–Trinajstić information content (AvgIpc) is 2.15. The van der Waals surface area contributed by atoms with Gasteiger partial charge in [0.25, 0.3) is 6.43 Å². The van der Waals surface area contributed by atoms with E-state index in [9.17, 15) is 22.0 Å². The minimum Gasteiger partial charge on any atom is -0.506 e. The molecule has 1 aromatic rings. The average molecular weight is 262 g/mol. The van der Waals surface area contributed by atoms with Crippen LogP contribution in [0.1, 0.15) is 23.4 Å². The first-order valence-electron chi connectivity index (χ1n) is 3.91. The topological polar surface area (TPSA) is 33.1 Å². The van der Waals surface area contributed by atoms with Crippen molar-refractivity contribution in [3.05, 3.63) is 23.0 Å². The molecule has 0 radical (unpaired) electrons. The molecule has 0 aliphatic rings. The van der Waals surface area contributed by atoms with E-state index in [1.54, 1.807) is 0 Å². The monoisotopic (exact) mass is 261 g/mol. The van der Waals surface area contributed by atoms with Crippen LogP contribution in [0.2, 0.25) is 0 Å². The standard InChI is InChI=1S/C8H5ClF5NO/c9-2-4-5(16)1-3(7(10)11)6(15-4)8(12,13)14/h1,7,16H,2H2. The van der Waals surface area contributed by atoms with Crippen molar-refractivity contribution in [2.45, 2.75) is 18.5 Å². The SMILES string of the molecule is Oc1cc(C(F)F)c(C(F)(F)F)nc1CCl. The molecule has 2 nitrogen and oxygen atoms in total. The third kappa shape index (κ3) is 2.52. The van der Waals surface area contributed by atoms with E-state index in [2.05, 4.69) is 4.98 Å². The normalized spacial score (nSPS) is 12.2. The molecule has 90 valence electrons. The Bertz CT molecular complexity index is 393. The quantitative estimate of drug-likeness (QED) is 0.653. The number of pyridine rings is 1. The Hall–Kier alpha value is -1.11. The van der Waals surface area contributed by atoms with E-state index < -0.39 is 41.2 Å². The van der Waals surface area contributed by atoms with Crippen LogP contribution < -0.4 is 0 Å². The molecule has 8 heteroatoms. The fourth-order valence-electron chi connectivity index (χ4n) is 1.05. The molecule has 16 heavy (non-hydrogen) atoms. The predicted octanol–water partition coefficient (Wildman–Crippen LogP) is 3.48. The van der Waals surface area contributed by atoms with Crippen LogP contribution in [0.5, 0.6) is 5.75 Å². The second-order valence-corrected chi connectivity index (χ2v) is 3.09. The van der Waals surface area contributed by atoms with Crippen molar-refractivity contribution in [3.8, 4) is 5.75 Å². The second kappa shape index (κ2) is 4.40. The van der Waals surface area contributed by atoms with Crippen molar-refractivity contribution in [2.75, 3.05) is 0 Å². The number of halogens is 6. The molecule has 0 amide bonds. The summed E-state index contributed by atoms with van der Waals surface area (Å²) in [4.78, 5) is 2.90. The first-order chi connectivity index (χ1) is 7.27. The van der Waals surface area contributed by atoms with Crippen molar-refractivity contribution in [2.24, 2.45) is 0 Å². The highest BCUT2D eigenvalue weighted by molar-refractivity contribution is 6.17. The summed E-state index contributed by atoms with van der Waals surface area (Å²) in [5.74, 6) is -1.28. The molecule has 0 atom stereocenters. The summed E-state index contributed by atoms with van der Waals surface area (Å²) >= 11 is 5.21. The maximum Gasteiger partial charge on any atom is 0.433 e. The van der Waals surface area contributed by atoms with Crippen LogP contribution in [0.4, 0.5) is 22.0 Å². The molecule has 1 rings (SSSR count). The van der Waals surface area contributed by atoms with Gasteiger partial charge in [0.2, 0.25) is 0 Å². The van der Waals surface area contributed by atoms with Gasteiger partial charge in [-0.2, -0.15) is 13.2 Å². The number of alkyl halides is 6. The maximum absolute atomic E-state index is 12.3. The van der Waals surface area contributed by atoms with Crippen LogP contribution in [0.15, 0.2) is 6.07 Å². The smallest absolute Gasteiger partial charge is 0.433 e. The van der Waals surface area contributed by atoms with Gasteiger partial charge in [-0.15, -0.1) is 11.6 Å². The minimum absolute atomic E-state index is 0.332. The van der Waals surface area contributed by atoms with Crippen molar-refractivity contribution < 1.29 is 27.1 Å². The molecule has 1 heterocycles. The first kappa shape index (κ1) is 13.0. The van der Waals surface area contributed by atoms with Gasteiger partial charge < -0.3 is 5.11 Å². The fraction of sp³-hybridized carbons (Fsp3) is 0.375. The summed E-state index contributed by atoms with van der Waals surface area (Å²) in [7, 11) is 0. The van der Waals surface area contributed by atoms with Crippen LogP contribution in [0, 0.1) is 0 Å². The van der Waals surface area contributed by atoms with E-state index >= 15 is 0 Å². The molecule has 0 aliphatic carbocycles. The van der Waals surface area contributed by atoms with Crippen LogP contribution >= 0.6 is 11.6 Å². The zero-order valence-corrected chi connectivity index (χ0v) is 8.28. The van der Waals surface area contributed by atoms with E-state index in [-0.39, 0.29) is 0 Å². The molecule has 0 saturated heterocycles. The van der Waals surface area contributed by atoms with Gasteiger partial charge in [0.1, 0.15) is 5.75 Å². The van der Waals surface area contributed by atoms with E-state index in [0.29, 0.717) is 6.07 Å². The zero-order chi connectivity index (χ0) is 12.5. The van der Waals surface area contributed by atoms with Crippen LogP contribution in [0.25, 0.3) is 0 Å². The molecule has 0 aromatic carbocycles. The summed E-state index contributed by atoms with van der Waals surface area (Å²) in [6.45, 7) is 0. The lowest BCUT2D eigenvalue weighted by Gasteiger charge is -2.13. The first-order valence-corrected chi connectivity index (χ1v) is 4.45. The second-order valence-electron chi connectivity index (χ2n) is 2.82. The number of aromatic hydroxyl groups is 1. The van der Waals surface area contributed by atoms with E-state index in [1.807, 2.05) is 0 Å². The van der Waals surface area contributed by atoms with Crippen LogP contribution in [-0.2, 0) is 12.1 Å². The molecule has 1 N–H and O–H groups in total. The van der Waals surface area contributed by atoms with E-state index in [0.717, 1.165) is 0 Å². The maximum atomic E-state index is 12.3. The molecule has 0 bridgehead atoms. The molecular formula is C8H5ClF5NO. The van der Waals surface area contributed by atoms with Gasteiger partial charge in [0.15, 0.2) is 5.69 Å². The van der Waals surface area contributed by atoms with Gasteiger partial charge in [-0.25, -0.2) is 13.8 Å². The molecule has 0 spiro atoms. The fourth-order valence-corrected chi connectivity index (χ4v) is 1.24. The zero-order valence-electron chi connectivity index (χ0n) is 7.52. The Morgan fingerprint density at radius 3 is 2.31 bits per heavy atom. The number of rotatable bonds is 2. The lowest BCUT2D eigenvalue weighted by Crippen LogP contribution is -2.13. The van der Waals surface area contributed by atoms with Gasteiger partial charge >= 0.3 is 6.18 Å². The van der Waals surface area contributed by atoms with E-state index in [4.69, 9.17) is 16.7 Å². The number of hydrogen-bond acceptors (Lipinski definition) is 2. The van der Waals surface area contributed by atoms with Crippen molar-refractivity contribution >= 4 is 11.6 Å². The molecule has 0 aliphatic heterocycles. The molecule has 1 aromatic heterocycles. The lowest BCUT2D eigenvalue weighted by molar-refractivity contribution is -0.143. The Morgan fingerprint density at radius 1 is 1.38 bits per heavy atom. The third-order valence-corrected chi connectivity index (χ3v) is 1.99. The van der Waals surface area contributed by atoms with Crippen molar-refractivity contribution in [3.63, 3.8) is 0 Å². The highest BCUT2D eigenvalue weighted by Crippen LogP contribution is 2.37. The Kier molecular flexibility index (Phi) is 3.57. The summed E-state index contributed by atoms with van der Waals surface area (Å²) in [5, 5.41) is 9.08. The number of hydrogen-bond donors (Lipinski definition) is 1. The largest absolute Gasteiger partial charge is 0.506 e. The summed E-state index contributed by atoms with van der Waals surface area (Å²) in [6, 6.07) is 0.332. The highest BCUT2D eigenvalue weighted by Gasteiger charge is 2.38. The van der Waals surface area contributed by atoms with Gasteiger partial charge in [0, 0.05) is 0 Å². The molecule has 0 saturated carbocycles. The number of nitrogens with zero attached hydrogens (tertiary/aromatic N) is 1. The molecule has 0 fully saturated rings. The highest BCUT2D eigenvalue weighted by atomic mass is 35.5. The summed E-state index contributed by atoms with van der Waals surface area (Å²) in [6.07, 6.45) is -8.39. The summed E-state index contributed by atoms with van der Waals surface area (Å²) < 4.78 is 61.6. The van der Waals surface area contributed by atoms with Gasteiger partial charge in [-0.1, -0.05) is 0 Å². The van der Waals surface area contributed by atoms with Gasteiger partial charge in [-0.3, -0.25) is 0 Å². The Morgan fingerprint density at radius 2 is 1.94 bits per heavy atom. The van der Waals surface area contributed by atoms with Crippen LogP contribution in [-0.4, -0.2) is 10.1 Å². The Balaban J connectivity index is 3.43. The minimum atomic E-state index is -5.01. The van der Waals surface area contributed by atoms with Crippen molar-refractivity contribution in [1.29, 1.82) is 0 Å². The third-order valence-electron chi connectivity index (χ3n) is 1.74. The molecule has 0 unspecified atom stereocenters. The van der Waals surface area contributed by atoms with Crippen molar-refractivity contribution in [1.82, 2.24) is 4.98 Å². The lowest BCUT2D eigenvalue weighted by atomic mass is 10.1. The molecular weight excluding hydrogens is 257 g/mol. The van der Waals surface area contributed by atoms with E-state index in [1.165, 1.54) is 0 Å². The summed E-state index contributed by atoms with van der Waals surface area (Å²) in [5.41, 5.74) is -3.58.